The van der Waals surface area contributed by atoms with E-state index in [9.17, 15) is 9.59 Å². The summed E-state index contributed by atoms with van der Waals surface area (Å²) < 4.78 is 11.7. The lowest BCUT2D eigenvalue weighted by Gasteiger charge is -2.33. The number of piperazine rings is 1. The Labute approximate surface area is 213 Å². The molecule has 10 heteroatoms. The highest BCUT2D eigenvalue weighted by Crippen LogP contribution is 2.33. The molecule has 0 aliphatic carbocycles. The Kier molecular flexibility index (Phi) is 7.50. The number of nitrogens with zero attached hydrogens (tertiary/aromatic N) is 3. The van der Waals surface area contributed by atoms with Crippen LogP contribution in [0.1, 0.15) is 13.3 Å². The number of aromatic amines is 1. The average molecular weight is 506 g/mol. The normalized spacial score (nSPS) is 14.9. The summed E-state index contributed by atoms with van der Waals surface area (Å²) in [6.07, 6.45) is 0.818. The minimum Gasteiger partial charge on any atom is -0.493 e. The lowest BCUT2D eigenvalue weighted by Crippen LogP contribution is -2.49. The van der Waals surface area contributed by atoms with Gasteiger partial charge in [0.25, 0.3) is 5.56 Å². The third-order valence-corrected chi connectivity index (χ3v) is 6.46. The summed E-state index contributed by atoms with van der Waals surface area (Å²) in [7, 11) is 0. The Morgan fingerprint density at radius 1 is 1.16 bits per heavy atom. The van der Waals surface area contributed by atoms with Gasteiger partial charge in [-0.1, -0.05) is 19.1 Å². The second kappa shape index (κ2) is 11.1. The summed E-state index contributed by atoms with van der Waals surface area (Å²) in [6, 6.07) is 12.7. The maximum atomic E-state index is 12.9. The van der Waals surface area contributed by atoms with E-state index in [1.807, 2.05) is 25.1 Å². The number of H-pyrrole nitrogens is 1. The van der Waals surface area contributed by atoms with Gasteiger partial charge < -0.3 is 24.6 Å². The van der Waals surface area contributed by atoms with E-state index in [0.717, 1.165) is 38.0 Å². The number of aliphatic hydroxyl groups is 1. The zero-order valence-corrected chi connectivity index (χ0v) is 20.8. The fraction of sp³-hybridized carbons (Fsp3) is 0.370. The smallest absolute Gasteiger partial charge is 0.294 e. The van der Waals surface area contributed by atoms with Crippen LogP contribution >= 0.6 is 0 Å². The number of anilines is 1. The number of carbonyl (C=O) groups is 1. The second-order valence-corrected chi connectivity index (χ2v) is 9.14. The quantitative estimate of drug-likeness (QED) is 0.317. The highest BCUT2D eigenvalue weighted by molar-refractivity contribution is 6.02. The Morgan fingerprint density at radius 2 is 1.95 bits per heavy atom. The molecule has 1 saturated heterocycles. The fourth-order valence-electron chi connectivity index (χ4n) is 4.58. The molecule has 0 unspecified atom stereocenters. The molecule has 10 nitrogen and oxygen atoms in total. The highest BCUT2D eigenvalue weighted by Gasteiger charge is 2.20. The summed E-state index contributed by atoms with van der Waals surface area (Å²) in [4.78, 5) is 37.5. The van der Waals surface area contributed by atoms with Crippen molar-refractivity contribution in [2.75, 3.05) is 57.8 Å². The second-order valence-electron chi connectivity index (χ2n) is 9.14. The van der Waals surface area contributed by atoms with Crippen LogP contribution in [0.5, 0.6) is 5.75 Å². The van der Waals surface area contributed by atoms with Crippen LogP contribution in [0.15, 0.2) is 51.7 Å². The number of nitrogens with one attached hydrogen (secondary N) is 2. The van der Waals surface area contributed by atoms with Gasteiger partial charge in [-0.2, -0.15) is 0 Å². The Hall–Kier alpha value is -3.73. The lowest BCUT2D eigenvalue weighted by molar-refractivity contribution is -0.117. The Balaban J connectivity index is 1.41. The molecule has 0 spiro atoms. The first-order valence-electron chi connectivity index (χ1n) is 12.6. The molecular formula is C27H31N5O5. The summed E-state index contributed by atoms with van der Waals surface area (Å²) in [6.45, 7) is 6.79. The molecule has 2 aromatic heterocycles. The van der Waals surface area contributed by atoms with E-state index in [0.29, 0.717) is 47.1 Å². The molecule has 0 bridgehead atoms. The van der Waals surface area contributed by atoms with Crippen LogP contribution in [-0.2, 0) is 4.79 Å². The van der Waals surface area contributed by atoms with Crippen molar-refractivity contribution in [1.29, 1.82) is 0 Å². The van der Waals surface area contributed by atoms with Gasteiger partial charge in [-0.05, 0) is 36.8 Å². The first kappa shape index (κ1) is 24.9. The van der Waals surface area contributed by atoms with Gasteiger partial charge in [0.2, 0.25) is 11.5 Å². The van der Waals surface area contributed by atoms with E-state index in [1.54, 1.807) is 24.3 Å². The molecular weight excluding hydrogens is 474 g/mol. The molecule has 3 N–H and O–H groups in total. The number of fused-ring (bicyclic) bond motifs is 3. The molecule has 0 atom stereocenters. The first-order valence-corrected chi connectivity index (χ1v) is 12.6. The van der Waals surface area contributed by atoms with Crippen molar-refractivity contribution >= 4 is 33.7 Å². The molecule has 1 fully saturated rings. The number of furan rings is 1. The molecule has 0 radical (unpaired) electrons. The van der Waals surface area contributed by atoms with Crippen LogP contribution in [0.25, 0.3) is 33.5 Å². The summed E-state index contributed by atoms with van der Waals surface area (Å²) >= 11 is 0. The molecule has 3 heterocycles. The van der Waals surface area contributed by atoms with Gasteiger partial charge in [0, 0.05) is 43.8 Å². The molecule has 37 heavy (non-hydrogen) atoms. The number of benzene rings is 2. The summed E-state index contributed by atoms with van der Waals surface area (Å²) in [5.74, 6) is 0.780. The zero-order valence-electron chi connectivity index (χ0n) is 20.8. The van der Waals surface area contributed by atoms with E-state index in [4.69, 9.17) is 19.2 Å². The maximum absolute atomic E-state index is 12.9. The molecule has 5 rings (SSSR count). The first-order chi connectivity index (χ1) is 18.1. The number of amides is 1. The third-order valence-electron chi connectivity index (χ3n) is 6.46. The van der Waals surface area contributed by atoms with E-state index in [2.05, 4.69) is 20.1 Å². The van der Waals surface area contributed by atoms with Crippen molar-refractivity contribution < 1.29 is 19.1 Å². The Morgan fingerprint density at radius 3 is 2.73 bits per heavy atom. The van der Waals surface area contributed by atoms with Gasteiger partial charge in [-0.3, -0.25) is 19.4 Å². The number of aromatic nitrogens is 2. The third kappa shape index (κ3) is 5.51. The lowest BCUT2D eigenvalue weighted by atomic mass is 10.1. The van der Waals surface area contributed by atoms with Crippen molar-refractivity contribution in [2.45, 2.75) is 13.3 Å². The predicted molar refractivity (Wildman–Crippen MR) is 142 cm³/mol. The monoisotopic (exact) mass is 505 g/mol. The number of ether oxygens (including phenoxy) is 1. The molecule has 1 aliphatic heterocycles. The summed E-state index contributed by atoms with van der Waals surface area (Å²) in [5.41, 5.74) is 2.02. The molecule has 0 saturated carbocycles. The minimum absolute atomic E-state index is 0.124. The van der Waals surface area contributed by atoms with Crippen molar-refractivity contribution in [2.24, 2.45) is 0 Å². The fourth-order valence-corrected chi connectivity index (χ4v) is 4.58. The van der Waals surface area contributed by atoms with E-state index >= 15 is 0 Å². The van der Waals surface area contributed by atoms with Gasteiger partial charge in [0.1, 0.15) is 22.7 Å². The molecule has 1 amide bonds. The predicted octanol–water partition coefficient (Wildman–Crippen LogP) is 2.67. The summed E-state index contributed by atoms with van der Waals surface area (Å²) in [5, 5.41) is 12.8. The SMILES string of the molecule is CCCOc1ccc(NC(=O)CN2CCN(CCO)CC2)cc1-c1nc2c(oc3ccccc32)c(=O)[nH]1. The van der Waals surface area contributed by atoms with Crippen molar-refractivity contribution in [3.8, 4) is 17.1 Å². The number of hydrogen-bond donors (Lipinski definition) is 3. The highest BCUT2D eigenvalue weighted by atomic mass is 16.5. The van der Waals surface area contributed by atoms with Crippen molar-refractivity contribution in [1.82, 2.24) is 19.8 Å². The molecule has 194 valence electrons. The molecule has 2 aromatic carbocycles. The molecule has 4 aromatic rings. The average Bonchev–Trinajstić information content (AvgIpc) is 3.28. The van der Waals surface area contributed by atoms with Gasteiger partial charge in [0.15, 0.2) is 0 Å². The van der Waals surface area contributed by atoms with Crippen molar-refractivity contribution in [3.05, 3.63) is 52.8 Å². The van der Waals surface area contributed by atoms with E-state index in [1.165, 1.54) is 0 Å². The zero-order chi connectivity index (χ0) is 25.8. The van der Waals surface area contributed by atoms with Gasteiger partial charge >= 0.3 is 0 Å². The van der Waals surface area contributed by atoms with Gasteiger partial charge in [0.05, 0.1) is 25.3 Å². The topological polar surface area (TPSA) is 124 Å². The van der Waals surface area contributed by atoms with Crippen LogP contribution in [0.4, 0.5) is 5.69 Å². The van der Waals surface area contributed by atoms with Crippen LogP contribution in [0.3, 0.4) is 0 Å². The van der Waals surface area contributed by atoms with Gasteiger partial charge in [-0.15, -0.1) is 0 Å². The van der Waals surface area contributed by atoms with Gasteiger partial charge in [-0.25, -0.2) is 4.98 Å². The van der Waals surface area contributed by atoms with Crippen molar-refractivity contribution in [3.63, 3.8) is 0 Å². The number of para-hydroxylation sites is 1. The standard InChI is InChI=1S/C27H31N5O5/c1-2-15-36-21-8-7-18(28-23(34)17-32-11-9-31(10-12-32)13-14-33)16-20(21)26-29-24-19-5-3-4-6-22(19)37-25(24)27(35)30-26/h3-8,16,33H,2,9-15,17H2,1H3,(H,28,34)(H,29,30,35). The van der Waals surface area contributed by atoms with Crippen LogP contribution in [0, 0.1) is 0 Å². The number of carbonyl (C=O) groups excluding carboxylic acids is 1. The van der Waals surface area contributed by atoms with Crippen LogP contribution in [-0.4, -0.2) is 83.3 Å². The number of hydrogen-bond acceptors (Lipinski definition) is 8. The van der Waals surface area contributed by atoms with Crippen LogP contribution < -0.4 is 15.6 Å². The number of β-amino-alcohol motifs (C(OH)–C–C–N with tert-alkyl or cyclic N) is 1. The number of aliphatic hydroxyl groups excluding tert-OH is 1. The van der Waals surface area contributed by atoms with Crippen LogP contribution in [0.2, 0.25) is 0 Å². The van der Waals surface area contributed by atoms with E-state index < -0.39 is 0 Å². The number of rotatable bonds is 9. The molecule has 1 aliphatic rings. The Bertz CT molecular complexity index is 1450. The maximum Gasteiger partial charge on any atom is 0.294 e. The largest absolute Gasteiger partial charge is 0.493 e. The minimum atomic E-state index is -0.382. The van der Waals surface area contributed by atoms with E-state index in [-0.39, 0.29) is 30.2 Å².